The van der Waals surface area contributed by atoms with Crippen LogP contribution in [0, 0.1) is 6.92 Å². The minimum atomic E-state index is 0. The minimum absolute atomic E-state index is 0. The molecule has 5 heteroatoms. The highest BCUT2D eigenvalue weighted by molar-refractivity contribution is 5.87. The first-order chi connectivity index (χ1) is 11.6. The number of carbonyl (C=O) groups is 1. The molecule has 2 aromatic rings. The normalized spacial score (nSPS) is 16.0. The van der Waals surface area contributed by atoms with Crippen molar-refractivity contribution in [1.29, 1.82) is 0 Å². The van der Waals surface area contributed by atoms with E-state index in [0.29, 0.717) is 12.6 Å². The molecule has 1 fully saturated rings. The summed E-state index contributed by atoms with van der Waals surface area (Å²) in [6.45, 7) is 4.62. The Morgan fingerprint density at radius 3 is 2.68 bits per heavy atom. The molecule has 4 nitrogen and oxygen atoms in total. The van der Waals surface area contributed by atoms with Gasteiger partial charge < -0.3 is 15.6 Å². The van der Waals surface area contributed by atoms with E-state index in [1.807, 2.05) is 6.07 Å². The maximum Gasteiger partial charge on any atom is 0.240 e. The maximum atomic E-state index is 12.5. The topological polar surface area (TPSA) is 60.0 Å². The van der Waals surface area contributed by atoms with Gasteiger partial charge in [-0.1, -0.05) is 38.0 Å². The van der Waals surface area contributed by atoms with Crippen LogP contribution in [0.5, 0.6) is 0 Å². The first-order valence-corrected chi connectivity index (χ1v) is 9.21. The molecule has 3 N–H and O–H groups in total. The van der Waals surface area contributed by atoms with E-state index in [2.05, 4.69) is 41.9 Å². The van der Waals surface area contributed by atoms with E-state index in [0.717, 1.165) is 31.2 Å². The molecule has 1 atom stereocenters. The molecule has 1 saturated carbocycles. The van der Waals surface area contributed by atoms with Crippen LogP contribution in [0.15, 0.2) is 24.3 Å². The first kappa shape index (κ1) is 19.8. The molecular formula is C20H30ClN3O. The van der Waals surface area contributed by atoms with Gasteiger partial charge in [0.05, 0.1) is 0 Å². The number of halogens is 1. The second kappa shape index (κ2) is 8.72. The third-order valence-electron chi connectivity index (χ3n) is 5.37. The molecule has 1 aromatic carbocycles. The Morgan fingerprint density at radius 2 is 2.00 bits per heavy atom. The molecule has 1 aliphatic rings. The van der Waals surface area contributed by atoms with E-state index in [1.54, 1.807) is 0 Å². The smallest absolute Gasteiger partial charge is 0.240 e. The van der Waals surface area contributed by atoms with Crippen LogP contribution in [0.3, 0.4) is 0 Å². The quantitative estimate of drug-likeness (QED) is 0.821. The monoisotopic (exact) mass is 363 g/mol. The zero-order chi connectivity index (χ0) is 17.1. The Balaban J connectivity index is 0.00000225. The summed E-state index contributed by atoms with van der Waals surface area (Å²) in [5.74, 6) is 0.122. The number of nitrogens with one attached hydrogen (secondary N) is 1. The molecule has 1 aromatic heterocycles. The van der Waals surface area contributed by atoms with Crippen molar-refractivity contribution >= 4 is 29.2 Å². The van der Waals surface area contributed by atoms with Gasteiger partial charge in [-0.15, -0.1) is 12.4 Å². The molecule has 1 aliphatic carbocycles. The second-order valence-electron chi connectivity index (χ2n) is 7.09. The van der Waals surface area contributed by atoms with Crippen LogP contribution in [0.4, 0.5) is 0 Å². The number of benzene rings is 1. The highest BCUT2D eigenvalue weighted by Gasteiger charge is 2.20. The van der Waals surface area contributed by atoms with Crippen molar-refractivity contribution in [3.05, 3.63) is 35.5 Å². The van der Waals surface area contributed by atoms with Gasteiger partial charge in [0.2, 0.25) is 5.91 Å². The summed E-state index contributed by atoms with van der Waals surface area (Å²) in [7, 11) is 0. The van der Waals surface area contributed by atoms with Crippen molar-refractivity contribution in [1.82, 2.24) is 9.88 Å². The average molecular weight is 364 g/mol. The fourth-order valence-corrected chi connectivity index (χ4v) is 3.86. The summed E-state index contributed by atoms with van der Waals surface area (Å²) in [5, 5.41) is 4.43. The molecule has 1 unspecified atom stereocenters. The standard InChI is InChI=1S/C20H29N3O.ClH/c1-3-15(21)12-18-14(2)23(19-11-7-6-10-17(18)19)13-20(24)22-16-8-4-5-9-16;/h6-7,10-11,15-16H,3-5,8-9,12-13,21H2,1-2H3,(H,22,24);1H. The van der Waals surface area contributed by atoms with Crippen molar-refractivity contribution in [3.63, 3.8) is 0 Å². The van der Waals surface area contributed by atoms with E-state index >= 15 is 0 Å². The summed E-state index contributed by atoms with van der Waals surface area (Å²) < 4.78 is 2.15. The largest absolute Gasteiger partial charge is 0.352 e. The number of carbonyl (C=O) groups excluding carboxylic acids is 1. The van der Waals surface area contributed by atoms with Gasteiger partial charge >= 0.3 is 0 Å². The minimum Gasteiger partial charge on any atom is -0.352 e. The molecule has 138 valence electrons. The lowest BCUT2D eigenvalue weighted by atomic mass is 10.0. The molecule has 0 radical (unpaired) electrons. The summed E-state index contributed by atoms with van der Waals surface area (Å²) in [6, 6.07) is 8.88. The van der Waals surface area contributed by atoms with Crippen LogP contribution in [0.1, 0.15) is 50.3 Å². The lowest BCUT2D eigenvalue weighted by molar-refractivity contribution is -0.122. The number of para-hydroxylation sites is 1. The third kappa shape index (κ3) is 4.36. The van der Waals surface area contributed by atoms with E-state index in [-0.39, 0.29) is 24.4 Å². The number of nitrogens with zero attached hydrogens (tertiary/aromatic N) is 1. The predicted molar refractivity (Wildman–Crippen MR) is 106 cm³/mol. The van der Waals surface area contributed by atoms with Gasteiger partial charge in [-0.05, 0) is 44.2 Å². The molecule has 0 aliphatic heterocycles. The zero-order valence-corrected chi connectivity index (χ0v) is 16.1. The van der Waals surface area contributed by atoms with Crippen molar-refractivity contribution < 1.29 is 4.79 Å². The van der Waals surface area contributed by atoms with Crippen LogP contribution in [-0.2, 0) is 17.8 Å². The molecule has 0 spiro atoms. The molecule has 25 heavy (non-hydrogen) atoms. The van der Waals surface area contributed by atoms with Crippen LogP contribution >= 0.6 is 12.4 Å². The Morgan fingerprint density at radius 1 is 1.32 bits per heavy atom. The summed E-state index contributed by atoms with van der Waals surface area (Å²) in [4.78, 5) is 12.5. The predicted octanol–water partition coefficient (Wildman–Crippen LogP) is 3.71. The molecule has 0 saturated heterocycles. The highest BCUT2D eigenvalue weighted by Crippen LogP contribution is 2.27. The summed E-state index contributed by atoms with van der Waals surface area (Å²) >= 11 is 0. The second-order valence-corrected chi connectivity index (χ2v) is 7.09. The van der Waals surface area contributed by atoms with Gasteiger partial charge in [-0.3, -0.25) is 4.79 Å². The molecular weight excluding hydrogens is 334 g/mol. The molecule has 3 rings (SSSR count). The van der Waals surface area contributed by atoms with Crippen molar-refractivity contribution in [2.75, 3.05) is 0 Å². The van der Waals surface area contributed by atoms with E-state index < -0.39 is 0 Å². The summed E-state index contributed by atoms with van der Waals surface area (Å²) in [6.07, 6.45) is 6.52. The van der Waals surface area contributed by atoms with Crippen LogP contribution in [-0.4, -0.2) is 22.6 Å². The zero-order valence-electron chi connectivity index (χ0n) is 15.3. The van der Waals surface area contributed by atoms with Gasteiger partial charge in [0.15, 0.2) is 0 Å². The number of hydrogen-bond donors (Lipinski definition) is 2. The number of fused-ring (bicyclic) bond motifs is 1. The number of nitrogens with two attached hydrogens (primary N) is 1. The Kier molecular flexibility index (Phi) is 6.91. The molecule has 1 heterocycles. The fraction of sp³-hybridized carbons (Fsp3) is 0.550. The van der Waals surface area contributed by atoms with Gasteiger partial charge in [0.1, 0.15) is 6.54 Å². The highest BCUT2D eigenvalue weighted by atomic mass is 35.5. The van der Waals surface area contributed by atoms with Crippen molar-refractivity contribution in [2.45, 2.75) is 71.0 Å². The van der Waals surface area contributed by atoms with Crippen molar-refractivity contribution in [3.8, 4) is 0 Å². The average Bonchev–Trinajstić information content (AvgIpc) is 3.17. The van der Waals surface area contributed by atoms with E-state index in [4.69, 9.17) is 5.73 Å². The van der Waals surface area contributed by atoms with Crippen LogP contribution in [0.25, 0.3) is 10.9 Å². The number of aromatic nitrogens is 1. The third-order valence-corrected chi connectivity index (χ3v) is 5.37. The Labute approximate surface area is 156 Å². The fourth-order valence-electron chi connectivity index (χ4n) is 3.86. The SMILES string of the molecule is CCC(N)Cc1c(C)n(CC(=O)NC2CCCC2)c2ccccc12.Cl. The number of hydrogen-bond acceptors (Lipinski definition) is 2. The van der Waals surface area contributed by atoms with Gasteiger partial charge in [0, 0.05) is 28.7 Å². The Bertz CT molecular complexity index is 719. The lowest BCUT2D eigenvalue weighted by Crippen LogP contribution is -2.35. The van der Waals surface area contributed by atoms with Crippen molar-refractivity contribution in [2.24, 2.45) is 5.73 Å². The maximum absolute atomic E-state index is 12.5. The van der Waals surface area contributed by atoms with Gasteiger partial charge in [-0.2, -0.15) is 0 Å². The molecule has 1 amide bonds. The van der Waals surface area contributed by atoms with Gasteiger partial charge in [-0.25, -0.2) is 0 Å². The number of amides is 1. The number of rotatable bonds is 6. The van der Waals surface area contributed by atoms with Gasteiger partial charge in [0.25, 0.3) is 0 Å². The Hall–Kier alpha value is -1.52. The first-order valence-electron chi connectivity index (χ1n) is 9.21. The van der Waals surface area contributed by atoms with E-state index in [9.17, 15) is 4.79 Å². The van der Waals surface area contributed by atoms with Crippen LogP contribution in [0.2, 0.25) is 0 Å². The summed E-state index contributed by atoms with van der Waals surface area (Å²) in [5.41, 5.74) is 9.78. The van der Waals surface area contributed by atoms with Crippen LogP contribution < -0.4 is 11.1 Å². The molecule has 0 bridgehead atoms. The lowest BCUT2D eigenvalue weighted by Gasteiger charge is -2.14. The van der Waals surface area contributed by atoms with E-state index in [1.165, 1.54) is 29.5 Å².